The molecular weight excluding hydrogens is 252 g/mol. The van der Waals surface area contributed by atoms with Crippen molar-refractivity contribution in [2.45, 2.75) is 23.8 Å². The standard InChI is InChI=1S/C12H14N2O3S/c15-9-5-8(6-9)7-13-12-10-3-1-2-4-11(10)18(16,17)14-12/h1-4,8-9,15H,5-7H2,(H,13,14). The van der Waals surface area contributed by atoms with E-state index in [4.69, 9.17) is 0 Å². The second-order valence-electron chi connectivity index (χ2n) is 4.78. The highest BCUT2D eigenvalue weighted by atomic mass is 32.2. The van der Waals surface area contributed by atoms with E-state index >= 15 is 0 Å². The van der Waals surface area contributed by atoms with Crippen molar-refractivity contribution in [2.24, 2.45) is 10.9 Å². The normalized spacial score (nSPS) is 30.6. The number of sulfonamides is 1. The van der Waals surface area contributed by atoms with Gasteiger partial charge in [0.2, 0.25) is 0 Å². The van der Waals surface area contributed by atoms with Crippen molar-refractivity contribution in [3.05, 3.63) is 29.8 Å². The van der Waals surface area contributed by atoms with Crippen LogP contribution in [0.4, 0.5) is 0 Å². The summed E-state index contributed by atoms with van der Waals surface area (Å²) in [6.07, 6.45) is 1.30. The molecule has 2 aliphatic rings. The second-order valence-corrected chi connectivity index (χ2v) is 6.43. The van der Waals surface area contributed by atoms with Gasteiger partial charge in [0.05, 0.1) is 11.0 Å². The van der Waals surface area contributed by atoms with Gasteiger partial charge in [-0.1, -0.05) is 12.1 Å². The molecule has 0 saturated heterocycles. The molecule has 96 valence electrons. The molecule has 18 heavy (non-hydrogen) atoms. The molecule has 1 aromatic rings. The molecule has 0 unspecified atom stereocenters. The summed E-state index contributed by atoms with van der Waals surface area (Å²) >= 11 is 0. The Morgan fingerprint density at radius 2 is 2.06 bits per heavy atom. The van der Waals surface area contributed by atoms with Gasteiger partial charge in [-0.25, -0.2) is 8.42 Å². The number of benzene rings is 1. The molecule has 1 aliphatic heterocycles. The molecule has 1 fully saturated rings. The quantitative estimate of drug-likeness (QED) is 0.818. The Bertz CT molecular complexity index is 604. The summed E-state index contributed by atoms with van der Waals surface area (Å²) in [5.41, 5.74) is 0.636. The lowest BCUT2D eigenvalue weighted by molar-refractivity contribution is 0.0471. The maximum Gasteiger partial charge on any atom is 0.263 e. The zero-order valence-corrected chi connectivity index (χ0v) is 10.5. The van der Waals surface area contributed by atoms with Crippen LogP contribution < -0.4 is 4.72 Å². The summed E-state index contributed by atoms with van der Waals surface area (Å²) in [6, 6.07) is 6.82. The molecule has 0 amide bonds. The molecule has 1 heterocycles. The van der Waals surface area contributed by atoms with Gasteiger partial charge in [0, 0.05) is 12.1 Å². The summed E-state index contributed by atoms with van der Waals surface area (Å²) in [4.78, 5) is 4.62. The monoisotopic (exact) mass is 266 g/mol. The largest absolute Gasteiger partial charge is 0.393 e. The molecule has 0 bridgehead atoms. The maximum absolute atomic E-state index is 11.8. The number of hydrogen-bond acceptors (Lipinski definition) is 4. The maximum atomic E-state index is 11.8. The van der Waals surface area contributed by atoms with Crippen molar-refractivity contribution in [1.29, 1.82) is 0 Å². The Kier molecular flexibility index (Phi) is 2.64. The van der Waals surface area contributed by atoms with Gasteiger partial charge in [-0.2, -0.15) is 0 Å². The fourth-order valence-corrected chi connectivity index (χ4v) is 3.57. The fraction of sp³-hybridized carbons (Fsp3) is 0.417. The van der Waals surface area contributed by atoms with E-state index in [0.29, 0.717) is 23.9 Å². The molecule has 0 spiro atoms. The van der Waals surface area contributed by atoms with Crippen LogP contribution in [-0.4, -0.2) is 32.0 Å². The highest BCUT2D eigenvalue weighted by Crippen LogP contribution is 2.28. The minimum atomic E-state index is -3.43. The van der Waals surface area contributed by atoms with E-state index in [0.717, 1.165) is 12.8 Å². The van der Waals surface area contributed by atoms with Crippen LogP contribution in [-0.2, 0) is 10.0 Å². The first-order valence-corrected chi connectivity index (χ1v) is 7.39. The molecule has 2 N–H and O–H groups in total. The SMILES string of the molecule is O=S1(=O)NC(=NCC2CC(O)C2)c2ccccc21. The van der Waals surface area contributed by atoms with E-state index in [2.05, 4.69) is 9.71 Å². The van der Waals surface area contributed by atoms with Crippen LogP contribution in [0.5, 0.6) is 0 Å². The van der Waals surface area contributed by atoms with Crippen LogP contribution in [0.2, 0.25) is 0 Å². The van der Waals surface area contributed by atoms with Crippen molar-refractivity contribution < 1.29 is 13.5 Å². The van der Waals surface area contributed by atoms with Crippen LogP contribution in [0.3, 0.4) is 0 Å². The zero-order valence-electron chi connectivity index (χ0n) is 9.70. The summed E-state index contributed by atoms with van der Waals surface area (Å²) in [5.74, 6) is 0.789. The average Bonchev–Trinajstić information content (AvgIpc) is 2.56. The number of rotatable bonds is 2. The fourth-order valence-electron chi connectivity index (χ4n) is 2.32. The van der Waals surface area contributed by atoms with Crippen LogP contribution in [0.1, 0.15) is 18.4 Å². The van der Waals surface area contributed by atoms with Gasteiger partial charge in [-0.05, 0) is 30.9 Å². The van der Waals surface area contributed by atoms with E-state index in [9.17, 15) is 13.5 Å². The Hall–Kier alpha value is -1.40. The molecule has 5 nitrogen and oxygen atoms in total. The molecule has 1 saturated carbocycles. The van der Waals surface area contributed by atoms with Crippen molar-refractivity contribution in [3.63, 3.8) is 0 Å². The number of nitrogens with one attached hydrogen (secondary N) is 1. The predicted molar refractivity (Wildman–Crippen MR) is 66.9 cm³/mol. The molecule has 6 heteroatoms. The highest BCUT2D eigenvalue weighted by Gasteiger charge is 2.31. The van der Waals surface area contributed by atoms with E-state index in [1.54, 1.807) is 24.3 Å². The lowest BCUT2D eigenvalue weighted by Gasteiger charge is -2.29. The van der Waals surface area contributed by atoms with Gasteiger partial charge in [-0.3, -0.25) is 9.71 Å². The van der Waals surface area contributed by atoms with E-state index < -0.39 is 10.0 Å². The molecule has 3 rings (SSSR count). The molecular formula is C12H14N2O3S. The average molecular weight is 266 g/mol. The van der Waals surface area contributed by atoms with Crippen molar-refractivity contribution >= 4 is 15.9 Å². The Labute approximate surface area is 106 Å². The third kappa shape index (κ3) is 1.91. The lowest BCUT2D eigenvalue weighted by Crippen LogP contribution is -2.31. The summed E-state index contributed by atoms with van der Waals surface area (Å²) < 4.78 is 26.1. The molecule has 1 aromatic carbocycles. The van der Waals surface area contributed by atoms with Crippen LogP contribution in [0.25, 0.3) is 0 Å². The number of aliphatic hydroxyl groups excluding tert-OH is 1. The summed E-state index contributed by atoms with van der Waals surface area (Å²) in [7, 11) is -3.43. The van der Waals surface area contributed by atoms with Gasteiger partial charge in [0.25, 0.3) is 10.0 Å². The molecule has 1 aliphatic carbocycles. The predicted octanol–water partition coefficient (Wildman–Crippen LogP) is 0.496. The Balaban J connectivity index is 1.85. The van der Waals surface area contributed by atoms with Gasteiger partial charge in [-0.15, -0.1) is 0 Å². The van der Waals surface area contributed by atoms with Gasteiger partial charge >= 0.3 is 0 Å². The Morgan fingerprint density at radius 3 is 2.78 bits per heavy atom. The van der Waals surface area contributed by atoms with Crippen molar-refractivity contribution in [3.8, 4) is 0 Å². The first-order valence-electron chi connectivity index (χ1n) is 5.91. The topological polar surface area (TPSA) is 78.8 Å². The smallest absolute Gasteiger partial charge is 0.263 e. The van der Waals surface area contributed by atoms with Crippen molar-refractivity contribution in [1.82, 2.24) is 4.72 Å². The lowest BCUT2D eigenvalue weighted by atomic mass is 9.83. The molecule has 0 aromatic heterocycles. The zero-order chi connectivity index (χ0) is 12.8. The number of nitrogens with zero attached hydrogens (tertiary/aromatic N) is 1. The molecule has 0 atom stereocenters. The number of hydrogen-bond donors (Lipinski definition) is 2. The highest BCUT2D eigenvalue weighted by molar-refractivity contribution is 7.90. The second kappa shape index (κ2) is 4.07. The first kappa shape index (κ1) is 11.7. The van der Waals surface area contributed by atoms with E-state index in [-0.39, 0.29) is 11.0 Å². The van der Waals surface area contributed by atoms with Gasteiger partial charge < -0.3 is 5.11 Å². The third-order valence-electron chi connectivity index (χ3n) is 3.38. The first-order chi connectivity index (χ1) is 8.56. The summed E-state index contributed by atoms with van der Waals surface area (Å²) in [5, 5.41) is 9.19. The number of fused-ring (bicyclic) bond motifs is 1. The summed E-state index contributed by atoms with van der Waals surface area (Å²) in [6.45, 7) is 0.559. The number of amidine groups is 1. The number of aliphatic hydroxyl groups is 1. The van der Waals surface area contributed by atoms with E-state index in [1.165, 1.54) is 0 Å². The molecule has 0 radical (unpaired) electrons. The minimum Gasteiger partial charge on any atom is -0.393 e. The van der Waals surface area contributed by atoms with Crippen LogP contribution >= 0.6 is 0 Å². The van der Waals surface area contributed by atoms with Crippen LogP contribution in [0, 0.1) is 5.92 Å². The van der Waals surface area contributed by atoms with Crippen LogP contribution in [0.15, 0.2) is 34.2 Å². The Morgan fingerprint density at radius 1 is 1.33 bits per heavy atom. The van der Waals surface area contributed by atoms with Crippen molar-refractivity contribution in [2.75, 3.05) is 6.54 Å². The van der Waals surface area contributed by atoms with Gasteiger partial charge in [0.1, 0.15) is 5.84 Å². The number of aliphatic imine (C=N–C) groups is 1. The van der Waals surface area contributed by atoms with E-state index in [1.807, 2.05) is 0 Å². The third-order valence-corrected chi connectivity index (χ3v) is 4.78. The minimum absolute atomic E-state index is 0.206. The van der Waals surface area contributed by atoms with Gasteiger partial charge in [0.15, 0.2) is 0 Å².